The third-order valence-corrected chi connectivity index (χ3v) is 4.37. The van der Waals surface area contributed by atoms with E-state index >= 15 is 0 Å². The third kappa shape index (κ3) is 1.82. The molecule has 0 radical (unpaired) electrons. The van der Waals surface area contributed by atoms with Crippen molar-refractivity contribution in [1.29, 1.82) is 0 Å². The zero-order valence-corrected chi connectivity index (χ0v) is 9.13. The van der Waals surface area contributed by atoms with E-state index in [1.54, 1.807) is 12.2 Å². The van der Waals surface area contributed by atoms with Crippen molar-refractivity contribution in [3.8, 4) is 0 Å². The molecule has 2 N–H and O–H groups in total. The van der Waals surface area contributed by atoms with Gasteiger partial charge in [0, 0.05) is 6.54 Å². The van der Waals surface area contributed by atoms with Gasteiger partial charge < -0.3 is 5.73 Å². The first-order chi connectivity index (χ1) is 7.15. The quantitative estimate of drug-likeness (QED) is 0.813. The predicted octanol–water partition coefficient (Wildman–Crippen LogP) is 0.988. The van der Waals surface area contributed by atoms with Crippen molar-refractivity contribution in [3.05, 3.63) is 35.4 Å². The highest BCUT2D eigenvalue weighted by molar-refractivity contribution is 7.91. The second kappa shape index (κ2) is 3.79. The summed E-state index contributed by atoms with van der Waals surface area (Å²) in [6, 6.07) is 5.57. The zero-order chi connectivity index (χ0) is 10.9. The summed E-state index contributed by atoms with van der Waals surface area (Å²) in [5, 5.41) is 0. The number of hydrogen-bond donors (Lipinski definition) is 1. The minimum atomic E-state index is -3.06. The maximum absolute atomic E-state index is 11.8. The average molecular weight is 223 g/mol. The van der Waals surface area contributed by atoms with Gasteiger partial charge in [-0.1, -0.05) is 30.4 Å². The number of hydrogen-bond acceptors (Lipinski definition) is 3. The molecule has 1 aliphatic heterocycles. The van der Waals surface area contributed by atoms with Crippen LogP contribution in [0.2, 0.25) is 0 Å². The van der Waals surface area contributed by atoms with Gasteiger partial charge in [0.1, 0.15) is 0 Å². The molecule has 80 valence electrons. The zero-order valence-electron chi connectivity index (χ0n) is 8.31. The molecule has 0 saturated heterocycles. The highest BCUT2D eigenvalue weighted by Crippen LogP contribution is 2.29. The van der Waals surface area contributed by atoms with Crippen LogP contribution in [0, 0.1) is 0 Å². The first kappa shape index (κ1) is 10.4. The Bertz CT molecular complexity index is 503. The highest BCUT2D eigenvalue weighted by Gasteiger charge is 2.27. The lowest BCUT2D eigenvalue weighted by atomic mass is 10.1. The van der Waals surface area contributed by atoms with Gasteiger partial charge in [0.05, 0.1) is 10.6 Å². The van der Waals surface area contributed by atoms with Gasteiger partial charge in [0.15, 0.2) is 9.84 Å². The molecule has 4 heteroatoms. The molecule has 0 atom stereocenters. The summed E-state index contributed by atoms with van der Waals surface area (Å²) in [7, 11) is -3.06. The van der Waals surface area contributed by atoms with Crippen LogP contribution < -0.4 is 5.73 Å². The van der Waals surface area contributed by atoms with E-state index in [0.717, 1.165) is 11.1 Å². The van der Waals surface area contributed by atoms with Crippen LogP contribution in [-0.4, -0.2) is 20.7 Å². The van der Waals surface area contributed by atoms with Gasteiger partial charge in [-0.2, -0.15) is 0 Å². The van der Waals surface area contributed by atoms with E-state index in [-0.39, 0.29) is 5.75 Å². The van der Waals surface area contributed by atoms with Crippen molar-refractivity contribution >= 4 is 15.9 Å². The normalized spacial score (nSPS) is 18.2. The minimum Gasteiger partial charge on any atom is -0.327 e. The molecule has 0 saturated carbocycles. The molecule has 0 spiro atoms. The number of nitrogens with two attached hydrogens (primary N) is 1. The standard InChI is InChI=1S/C11H13NO2S/c12-7-2-5-9-3-1-4-10-6-8-15(13,14)11(9)10/h1-5H,6-8,12H2/b5-2+. The van der Waals surface area contributed by atoms with E-state index in [1.165, 1.54) is 0 Å². The van der Waals surface area contributed by atoms with Crippen molar-refractivity contribution in [1.82, 2.24) is 0 Å². The van der Waals surface area contributed by atoms with Crippen LogP contribution in [0.1, 0.15) is 11.1 Å². The predicted molar refractivity (Wildman–Crippen MR) is 60.3 cm³/mol. The maximum atomic E-state index is 11.8. The first-order valence-electron chi connectivity index (χ1n) is 4.86. The van der Waals surface area contributed by atoms with Crippen LogP contribution in [0.4, 0.5) is 0 Å². The fraction of sp³-hybridized carbons (Fsp3) is 0.273. The van der Waals surface area contributed by atoms with Crippen LogP contribution in [0.5, 0.6) is 0 Å². The van der Waals surface area contributed by atoms with Crippen LogP contribution in [0.3, 0.4) is 0 Å². The summed E-state index contributed by atoms with van der Waals surface area (Å²) in [6.07, 6.45) is 4.17. The Morgan fingerprint density at radius 2 is 2.20 bits per heavy atom. The lowest BCUT2D eigenvalue weighted by molar-refractivity contribution is 0.600. The van der Waals surface area contributed by atoms with Crippen molar-refractivity contribution in [2.24, 2.45) is 5.73 Å². The monoisotopic (exact) mass is 223 g/mol. The second-order valence-corrected chi connectivity index (χ2v) is 5.59. The Hall–Kier alpha value is -1.13. The molecular formula is C11H13NO2S. The molecule has 15 heavy (non-hydrogen) atoms. The Morgan fingerprint density at radius 1 is 1.40 bits per heavy atom. The first-order valence-corrected chi connectivity index (χ1v) is 6.51. The maximum Gasteiger partial charge on any atom is 0.179 e. The summed E-state index contributed by atoms with van der Waals surface area (Å²) in [4.78, 5) is 0.495. The lowest BCUT2D eigenvalue weighted by Crippen LogP contribution is -2.01. The summed E-state index contributed by atoms with van der Waals surface area (Å²) in [6.45, 7) is 0.420. The summed E-state index contributed by atoms with van der Waals surface area (Å²) < 4.78 is 23.5. The van der Waals surface area contributed by atoms with Gasteiger partial charge in [-0.3, -0.25) is 0 Å². The number of benzene rings is 1. The molecule has 0 aliphatic carbocycles. The molecule has 0 aromatic heterocycles. The molecular weight excluding hydrogens is 210 g/mol. The minimum absolute atomic E-state index is 0.232. The highest BCUT2D eigenvalue weighted by atomic mass is 32.2. The Labute approximate surface area is 89.5 Å². The molecule has 0 unspecified atom stereocenters. The fourth-order valence-corrected chi connectivity index (χ4v) is 3.61. The Kier molecular flexibility index (Phi) is 2.63. The van der Waals surface area contributed by atoms with Gasteiger partial charge >= 0.3 is 0 Å². The largest absolute Gasteiger partial charge is 0.327 e. The SMILES string of the molecule is NC/C=C/c1cccc2c1S(=O)(=O)CC2. The fourth-order valence-electron chi connectivity index (χ4n) is 1.85. The summed E-state index contributed by atoms with van der Waals surface area (Å²) in [5.41, 5.74) is 7.04. The molecule has 1 aliphatic rings. The van der Waals surface area contributed by atoms with Crippen LogP contribution in [-0.2, 0) is 16.3 Å². The molecule has 1 heterocycles. The van der Waals surface area contributed by atoms with E-state index < -0.39 is 9.84 Å². The van der Waals surface area contributed by atoms with E-state index in [9.17, 15) is 8.42 Å². The lowest BCUT2D eigenvalue weighted by Gasteiger charge is -2.02. The topological polar surface area (TPSA) is 60.2 Å². The third-order valence-electron chi connectivity index (χ3n) is 2.51. The number of fused-ring (bicyclic) bond motifs is 1. The van der Waals surface area contributed by atoms with E-state index in [2.05, 4.69) is 0 Å². The van der Waals surface area contributed by atoms with Gasteiger partial charge in [-0.25, -0.2) is 8.42 Å². The molecule has 0 amide bonds. The number of sulfone groups is 1. The summed E-state index contributed by atoms with van der Waals surface area (Å²) in [5.74, 6) is 0.232. The van der Waals surface area contributed by atoms with Crippen LogP contribution in [0.25, 0.3) is 6.08 Å². The van der Waals surface area contributed by atoms with E-state index in [0.29, 0.717) is 17.9 Å². The molecule has 1 aromatic carbocycles. The number of rotatable bonds is 2. The van der Waals surface area contributed by atoms with Gasteiger partial charge in [-0.05, 0) is 17.5 Å². The molecule has 0 fully saturated rings. The number of aryl methyl sites for hydroxylation is 1. The van der Waals surface area contributed by atoms with Crippen molar-refractivity contribution in [2.75, 3.05) is 12.3 Å². The smallest absolute Gasteiger partial charge is 0.179 e. The van der Waals surface area contributed by atoms with Gasteiger partial charge in [0.25, 0.3) is 0 Å². The van der Waals surface area contributed by atoms with Crippen molar-refractivity contribution in [2.45, 2.75) is 11.3 Å². The van der Waals surface area contributed by atoms with E-state index in [4.69, 9.17) is 5.73 Å². The molecule has 2 rings (SSSR count). The Balaban J connectivity index is 2.60. The summed E-state index contributed by atoms with van der Waals surface area (Å²) >= 11 is 0. The average Bonchev–Trinajstić information content (AvgIpc) is 2.53. The second-order valence-electron chi connectivity index (χ2n) is 3.54. The van der Waals surface area contributed by atoms with E-state index in [1.807, 2.05) is 18.2 Å². The van der Waals surface area contributed by atoms with Crippen molar-refractivity contribution in [3.63, 3.8) is 0 Å². The molecule has 1 aromatic rings. The molecule has 3 nitrogen and oxygen atoms in total. The Morgan fingerprint density at radius 3 is 2.93 bits per heavy atom. The van der Waals surface area contributed by atoms with Gasteiger partial charge in [-0.15, -0.1) is 0 Å². The van der Waals surface area contributed by atoms with Crippen molar-refractivity contribution < 1.29 is 8.42 Å². The molecule has 0 bridgehead atoms. The van der Waals surface area contributed by atoms with Gasteiger partial charge in [0.2, 0.25) is 0 Å². The van der Waals surface area contributed by atoms with Crippen LogP contribution in [0.15, 0.2) is 29.2 Å². The van der Waals surface area contributed by atoms with Crippen LogP contribution >= 0.6 is 0 Å².